The second kappa shape index (κ2) is 7.44. The van der Waals surface area contributed by atoms with Crippen molar-refractivity contribution in [3.63, 3.8) is 0 Å². The van der Waals surface area contributed by atoms with Crippen molar-refractivity contribution in [2.45, 2.75) is 6.92 Å². The average Bonchev–Trinajstić information content (AvgIpc) is 3.02. The lowest BCUT2D eigenvalue weighted by molar-refractivity contribution is 0.0473. The van der Waals surface area contributed by atoms with Crippen LogP contribution in [0, 0.1) is 6.92 Å². The quantitative estimate of drug-likeness (QED) is 0.468. The molecular formula is C19H14BrNO4. The molecule has 0 spiro atoms. The number of ether oxygens (including phenoxy) is 1. The van der Waals surface area contributed by atoms with Crippen molar-refractivity contribution in [3.05, 3.63) is 76.0 Å². The van der Waals surface area contributed by atoms with Gasteiger partial charge in [0.1, 0.15) is 17.0 Å². The third-order valence-corrected chi connectivity index (χ3v) is 4.14. The van der Waals surface area contributed by atoms with E-state index in [0.29, 0.717) is 17.0 Å². The summed E-state index contributed by atoms with van der Waals surface area (Å²) in [5, 5.41) is 3.94. The Bertz CT molecular complexity index is 901. The molecule has 1 heterocycles. The number of carbonyl (C=O) groups excluding carboxylic acids is 2. The predicted molar refractivity (Wildman–Crippen MR) is 95.4 cm³/mol. The number of benzene rings is 2. The Morgan fingerprint density at radius 3 is 2.44 bits per heavy atom. The van der Waals surface area contributed by atoms with Crippen molar-refractivity contribution in [2.75, 3.05) is 6.61 Å². The van der Waals surface area contributed by atoms with E-state index in [0.717, 1.165) is 10.0 Å². The van der Waals surface area contributed by atoms with E-state index < -0.39 is 5.97 Å². The average molecular weight is 400 g/mol. The Morgan fingerprint density at radius 2 is 1.76 bits per heavy atom. The summed E-state index contributed by atoms with van der Waals surface area (Å²) in [7, 11) is 0. The number of Topliss-reactive ketones (excluding diaryl/α,β-unsaturated/α-hetero) is 1. The Balaban J connectivity index is 1.75. The van der Waals surface area contributed by atoms with Crippen molar-refractivity contribution in [3.8, 4) is 11.3 Å². The molecule has 0 bridgehead atoms. The summed E-state index contributed by atoms with van der Waals surface area (Å²) in [6.45, 7) is 1.28. The number of carbonyl (C=O) groups is 2. The normalized spacial score (nSPS) is 10.5. The largest absolute Gasteiger partial charge is 0.454 e. The van der Waals surface area contributed by atoms with E-state index in [1.165, 1.54) is 0 Å². The van der Waals surface area contributed by atoms with E-state index in [1.54, 1.807) is 31.2 Å². The summed E-state index contributed by atoms with van der Waals surface area (Å²) in [5.41, 5.74) is 1.85. The first-order valence-electron chi connectivity index (χ1n) is 7.54. The fraction of sp³-hybridized carbons (Fsp3) is 0.105. The van der Waals surface area contributed by atoms with Gasteiger partial charge in [0, 0.05) is 15.6 Å². The summed E-state index contributed by atoms with van der Waals surface area (Å²) < 4.78 is 11.2. The van der Waals surface area contributed by atoms with Crippen LogP contribution in [0.2, 0.25) is 0 Å². The van der Waals surface area contributed by atoms with Crippen molar-refractivity contribution in [2.24, 2.45) is 0 Å². The summed E-state index contributed by atoms with van der Waals surface area (Å²) in [5.74, 6) is -0.570. The van der Waals surface area contributed by atoms with E-state index >= 15 is 0 Å². The van der Waals surface area contributed by atoms with Gasteiger partial charge in [-0.2, -0.15) is 0 Å². The van der Waals surface area contributed by atoms with Gasteiger partial charge < -0.3 is 9.26 Å². The van der Waals surface area contributed by atoms with Gasteiger partial charge in [0.05, 0.1) is 0 Å². The van der Waals surface area contributed by atoms with Crippen LogP contribution in [-0.2, 0) is 4.74 Å². The Labute approximate surface area is 152 Å². The van der Waals surface area contributed by atoms with Gasteiger partial charge in [-0.15, -0.1) is 0 Å². The van der Waals surface area contributed by atoms with Crippen molar-refractivity contribution >= 4 is 27.7 Å². The molecule has 0 atom stereocenters. The third kappa shape index (κ3) is 3.85. The monoisotopic (exact) mass is 399 g/mol. The van der Waals surface area contributed by atoms with Gasteiger partial charge in [-0.1, -0.05) is 63.6 Å². The van der Waals surface area contributed by atoms with Gasteiger partial charge in [0.25, 0.3) is 0 Å². The van der Waals surface area contributed by atoms with E-state index in [-0.39, 0.29) is 18.0 Å². The molecule has 2 aromatic carbocycles. The molecule has 0 N–H and O–H groups in total. The number of halogens is 1. The van der Waals surface area contributed by atoms with E-state index in [9.17, 15) is 9.59 Å². The van der Waals surface area contributed by atoms with Crippen LogP contribution >= 0.6 is 15.9 Å². The highest BCUT2D eigenvalue weighted by atomic mass is 79.9. The highest BCUT2D eigenvalue weighted by Gasteiger charge is 2.23. The summed E-state index contributed by atoms with van der Waals surface area (Å²) in [4.78, 5) is 24.6. The lowest BCUT2D eigenvalue weighted by atomic mass is 10.1. The number of aromatic nitrogens is 1. The minimum Gasteiger partial charge on any atom is -0.454 e. The van der Waals surface area contributed by atoms with Crippen LogP contribution in [0.5, 0.6) is 0 Å². The molecule has 0 radical (unpaired) electrons. The van der Waals surface area contributed by atoms with E-state index in [1.807, 2.05) is 30.3 Å². The van der Waals surface area contributed by atoms with Gasteiger partial charge in [-0.3, -0.25) is 4.79 Å². The number of aryl methyl sites for hydroxylation is 1. The molecule has 3 aromatic rings. The maximum Gasteiger partial charge on any atom is 0.344 e. The van der Waals surface area contributed by atoms with Gasteiger partial charge in [-0.05, 0) is 19.1 Å². The molecule has 0 aliphatic rings. The molecule has 0 aliphatic carbocycles. The Kier molecular flexibility index (Phi) is 5.09. The topological polar surface area (TPSA) is 69.4 Å². The smallest absolute Gasteiger partial charge is 0.344 e. The molecular weight excluding hydrogens is 386 g/mol. The molecule has 0 aliphatic heterocycles. The highest BCUT2D eigenvalue weighted by Crippen LogP contribution is 2.25. The molecule has 0 saturated carbocycles. The maximum absolute atomic E-state index is 12.4. The van der Waals surface area contributed by atoms with Crippen LogP contribution < -0.4 is 0 Å². The zero-order valence-corrected chi connectivity index (χ0v) is 14.9. The molecule has 25 heavy (non-hydrogen) atoms. The standard InChI is InChI=1S/C19H14BrNO4/c1-12-17(18(21-25-12)14-5-3-2-4-6-14)19(23)24-11-16(22)13-7-9-15(20)10-8-13/h2-10H,11H2,1H3. The number of nitrogens with zero attached hydrogens (tertiary/aromatic N) is 1. The van der Waals surface area contributed by atoms with Gasteiger partial charge in [0.2, 0.25) is 0 Å². The first-order chi connectivity index (χ1) is 12.1. The SMILES string of the molecule is Cc1onc(-c2ccccc2)c1C(=O)OCC(=O)c1ccc(Br)cc1. The second-order valence-corrected chi connectivity index (χ2v) is 6.25. The van der Waals surface area contributed by atoms with Crippen LogP contribution in [0.4, 0.5) is 0 Å². The van der Waals surface area contributed by atoms with Crippen molar-refractivity contribution < 1.29 is 18.8 Å². The second-order valence-electron chi connectivity index (χ2n) is 5.33. The number of ketones is 1. The molecule has 0 fully saturated rings. The lowest BCUT2D eigenvalue weighted by Crippen LogP contribution is -2.15. The third-order valence-electron chi connectivity index (χ3n) is 3.61. The Morgan fingerprint density at radius 1 is 1.08 bits per heavy atom. The van der Waals surface area contributed by atoms with Crippen LogP contribution in [0.15, 0.2) is 63.6 Å². The molecule has 0 amide bonds. The Hall–Kier alpha value is -2.73. The highest BCUT2D eigenvalue weighted by molar-refractivity contribution is 9.10. The number of rotatable bonds is 5. The van der Waals surface area contributed by atoms with Crippen molar-refractivity contribution in [1.29, 1.82) is 0 Å². The van der Waals surface area contributed by atoms with Gasteiger partial charge in [0.15, 0.2) is 12.4 Å². The first-order valence-corrected chi connectivity index (χ1v) is 8.33. The first kappa shape index (κ1) is 17.1. The molecule has 6 heteroatoms. The number of esters is 1. The van der Waals surface area contributed by atoms with Gasteiger partial charge in [-0.25, -0.2) is 4.79 Å². The van der Waals surface area contributed by atoms with E-state index in [2.05, 4.69) is 21.1 Å². The van der Waals surface area contributed by atoms with Crippen molar-refractivity contribution in [1.82, 2.24) is 5.16 Å². The number of hydrogen-bond acceptors (Lipinski definition) is 5. The summed E-state index contributed by atoms with van der Waals surface area (Å²) in [6, 6.07) is 16.0. The van der Waals surface area contributed by atoms with Gasteiger partial charge >= 0.3 is 5.97 Å². The molecule has 1 aromatic heterocycles. The fourth-order valence-corrected chi connectivity index (χ4v) is 2.59. The van der Waals surface area contributed by atoms with E-state index in [4.69, 9.17) is 9.26 Å². The van der Waals surface area contributed by atoms with Crippen LogP contribution in [0.1, 0.15) is 26.5 Å². The molecule has 0 saturated heterocycles. The minimum absolute atomic E-state index is 0.231. The van der Waals surface area contributed by atoms with Crippen LogP contribution in [0.25, 0.3) is 11.3 Å². The minimum atomic E-state index is -0.636. The summed E-state index contributed by atoms with van der Waals surface area (Å²) in [6.07, 6.45) is 0. The fourth-order valence-electron chi connectivity index (χ4n) is 2.33. The molecule has 5 nitrogen and oxygen atoms in total. The number of hydrogen-bond donors (Lipinski definition) is 0. The maximum atomic E-state index is 12.4. The molecule has 0 unspecified atom stereocenters. The predicted octanol–water partition coefficient (Wildman–Crippen LogP) is 4.45. The molecule has 126 valence electrons. The zero-order chi connectivity index (χ0) is 17.8. The summed E-state index contributed by atoms with van der Waals surface area (Å²) >= 11 is 3.31. The lowest BCUT2D eigenvalue weighted by Gasteiger charge is -2.05. The zero-order valence-electron chi connectivity index (χ0n) is 13.4. The molecule has 3 rings (SSSR count). The van der Waals surface area contributed by atoms with Crippen LogP contribution in [0.3, 0.4) is 0 Å². The van der Waals surface area contributed by atoms with Crippen LogP contribution in [-0.4, -0.2) is 23.5 Å².